The van der Waals surface area contributed by atoms with Crippen molar-refractivity contribution in [2.45, 2.75) is 12.5 Å². The van der Waals surface area contributed by atoms with Gasteiger partial charge in [-0.2, -0.15) is 0 Å². The highest BCUT2D eigenvalue weighted by molar-refractivity contribution is 9.10. The van der Waals surface area contributed by atoms with Gasteiger partial charge in [-0.15, -0.1) is 0 Å². The van der Waals surface area contributed by atoms with Gasteiger partial charge in [0, 0.05) is 10.2 Å². The smallest absolute Gasteiger partial charge is 0.123 e. The molecule has 0 heterocycles. The zero-order valence-electron chi connectivity index (χ0n) is 10.5. The Morgan fingerprint density at radius 2 is 1.75 bits per heavy atom. The summed E-state index contributed by atoms with van der Waals surface area (Å²) in [5.41, 5.74) is 10.1. The van der Waals surface area contributed by atoms with E-state index >= 15 is 0 Å². The van der Waals surface area contributed by atoms with E-state index in [4.69, 9.17) is 11.6 Å². The Morgan fingerprint density at radius 1 is 1.10 bits per heavy atom. The molecule has 0 aliphatic rings. The summed E-state index contributed by atoms with van der Waals surface area (Å²) in [6.45, 7) is 0. The van der Waals surface area contributed by atoms with Crippen LogP contribution in [0.2, 0.25) is 0 Å². The Hall–Kier alpha value is -1.50. The molecule has 2 aromatic carbocycles. The van der Waals surface area contributed by atoms with Crippen LogP contribution < -0.4 is 17.0 Å². The van der Waals surface area contributed by atoms with E-state index in [0.29, 0.717) is 17.7 Å². The maximum atomic E-state index is 13.3. The monoisotopic (exact) mass is 341 g/mol. The van der Waals surface area contributed by atoms with Crippen LogP contribution in [-0.2, 0) is 6.42 Å². The van der Waals surface area contributed by atoms with Gasteiger partial charge in [-0.05, 0) is 53.9 Å². The molecule has 0 aliphatic heterocycles. The molecular formula is C14H14BrF2N3. The van der Waals surface area contributed by atoms with Crippen molar-refractivity contribution in [1.29, 1.82) is 0 Å². The first-order valence-corrected chi connectivity index (χ1v) is 6.75. The van der Waals surface area contributed by atoms with Gasteiger partial charge in [0.15, 0.2) is 0 Å². The van der Waals surface area contributed by atoms with Gasteiger partial charge >= 0.3 is 0 Å². The molecule has 0 saturated heterocycles. The lowest BCUT2D eigenvalue weighted by atomic mass is 9.98. The van der Waals surface area contributed by atoms with Gasteiger partial charge < -0.3 is 5.73 Å². The van der Waals surface area contributed by atoms with E-state index < -0.39 is 11.9 Å². The highest BCUT2D eigenvalue weighted by atomic mass is 79.9. The summed E-state index contributed by atoms with van der Waals surface area (Å²) in [5.74, 6) is 4.79. The third-order valence-corrected chi connectivity index (χ3v) is 3.83. The zero-order valence-corrected chi connectivity index (χ0v) is 12.1. The number of hydrogen-bond acceptors (Lipinski definition) is 3. The van der Waals surface area contributed by atoms with Crippen LogP contribution in [0.25, 0.3) is 0 Å². The average Bonchev–Trinajstić information content (AvgIpc) is 2.42. The second-order valence-corrected chi connectivity index (χ2v) is 5.29. The minimum absolute atomic E-state index is 0.341. The summed E-state index contributed by atoms with van der Waals surface area (Å²) in [6, 6.07) is 8.06. The van der Waals surface area contributed by atoms with Crippen molar-refractivity contribution >= 4 is 21.6 Å². The largest absolute Gasteiger partial charge is 0.398 e. The average molecular weight is 342 g/mol. The third-order valence-electron chi connectivity index (χ3n) is 3.06. The predicted molar refractivity (Wildman–Crippen MR) is 78.7 cm³/mol. The molecule has 1 atom stereocenters. The van der Waals surface area contributed by atoms with Gasteiger partial charge in [0.25, 0.3) is 0 Å². The lowest BCUT2D eigenvalue weighted by Gasteiger charge is -2.19. The Bertz CT molecular complexity index is 619. The normalized spacial score (nSPS) is 12.4. The van der Waals surface area contributed by atoms with Crippen LogP contribution in [0, 0.1) is 11.6 Å². The second kappa shape index (κ2) is 6.30. The van der Waals surface area contributed by atoms with Crippen LogP contribution in [0.1, 0.15) is 17.2 Å². The molecule has 3 nitrogen and oxygen atoms in total. The number of anilines is 1. The van der Waals surface area contributed by atoms with Gasteiger partial charge in [0.2, 0.25) is 0 Å². The molecule has 0 spiro atoms. The second-order valence-electron chi connectivity index (χ2n) is 4.43. The quantitative estimate of drug-likeness (QED) is 0.455. The van der Waals surface area contributed by atoms with Crippen molar-refractivity contribution < 1.29 is 8.78 Å². The van der Waals surface area contributed by atoms with Crippen molar-refractivity contribution in [2.75, 3.05) is 5.73 Å². The van der Waals surface area contributed by atoms with E-state index in [0.717, 1.165) is 10.0 Å². The van der Waals surface area contributed by atoms with Crippen molar-refractivity contribution in [2.24, 2.45) is 5.84 Å². The summed E-state index contributed by atoms with van der Waals surface area (Å²) >= 11 is 3.35. The molecule has 2 aromatic rings. The number of rotatable bonds is 4. The Kier molecular flexibility index (Phi) is 4.69. The third kappa shape index (κ3) is 3.33. The van der Waals surface area contributed by atoms with Gasteiger partial charge in [0.05, 0.1) is 6.04 Å². The van der Waals surface area contributed by atoms with E-state index in [9.17, 15) is 8.78 Å². The number of nitrogens with one attached hydrogen (secondary N) is 1. The Balaban J connectivity index is 2.33. The molecule has 2 rings (SSSR count). The molecule has 6 heteroatoms. The van der Waals surface area contributed by atoms with Gasteiger partial charge in [-0.3, -0.25) is 11.3 Å². The molecule has 0 fully saturated rings. The SMILES string of the molecule is NNC(Cc1cc(F)ccc1Br)c1cc(F)ccc1N. The van der Waals surface area contributed by atoms with E-state index in [1.54, 1.807) is 6.07 Å². The molecule has 0 aliphatic carbocycles. The minimum atomic E-state index is -0.413. The summed E-state index contributed by atoms with van der Waals surface area (Å²) in [4.78, 5) is 0. The van der Waals surface area contributed by atoms with Gasteiger partial charge in [0.1, 0.15) is 11.6 Å². The van der Waals surface area contributed by atoms with Crippen LogP contribution in [-0.4, -0.2) is 0 Å². The van der Waals surface area contributed by atoms with Crippen molar-refractivity contribution in [3.63, 3.8) is 0 Å². The number of hydrazine groups is 1. The lowest BCUT2D eigenvalue weighted by Crippen LogP contribution is -2.30. The number of halogens is 3. The van der Waals surface area contributed by atoms with Crippen LogP contribution in [0.15, 0.2) is 40.9 Å². The predicted octanol–water partition coefficient (Wildman–Crippen LogP) is 3.06. The first kappa shape index (κ1) is 14.9. The molecule has 5 N–H and O–H groups in total. The van der Waals surface area contributed by atoms with E-state index in [1.807, 2.05) is 0 Å². The van der Waals surface area contributed by atoms with Crippen molar-refractivity contribution in [1.82, 2.24) is 5.43 Å². The summed E-state index contributed by atoms with van der Waals surface area (Å²) in [5, 5.41) is 0. The maximum absolute atomic E-state index is 13.3. The fraction of sp³-hybridized carbons (Fsp3) is 0.143. The number of nitrogen functional groups attached to an aromatic ring is 1. The van der Waals surface area contributed by atoms with Gasteiger partial charge in [-0.1, -0.05) is 15.9 Å². The summed E-state index contributed by atoms with van der Waals surface area (Å²) in [7, 11) is 0. The number of hydrogen-bond donors (Lipinski definition) is 3. The topological polar surface area (TPSA) is 64.1 Å². The Morgan fingerprint density at radius 3 is 2.45 bits per heavy atom. The lowest BCUT2D eigenvalue weighted by molar-refractivity contribution is 0.542. The van der Waals surface area contributed by atoms with Crippen LogP contribution >= 0.6 is 15.9 Å². The number of benzene rings is 2. The molecule has 0 radical (unpaired) electrons. The zero-order chi connectivity index (χ0) is 14.7. The van der Waals surface area contributed by atoms with E-state index in [1.165, 1.54) is 30.3 Å². The van der Waals surface area contributed by atoms with Crippen LogP contribution in [0.5, 0.6) is 0 Å². The van der Waals surface area contributed by atoms with E-state index in [-0.39, 0.29) is 5.82 Å². The molecule has 0 saturated carbocycles. The molecule has 0 aromatic heterocycles. The number of nitrogens with two attached hydrogens (primary N) is 2. The summed E-state index contributed by atoms with van der Waals surface area (Å²) in [6.07, 6.45) is 0.377. The highest BCUT2D eigenvalue weighted by Crippen LogP contribution is 2.27. The standard InChI is InChI=1S/C14H14BrF2N3/c15-12-3-1-9(16)5-8(12)6-14(20-19)11-7-10(17)2-4-13(11)18/h1-5,7,14,20H,6,18-19H2. The maximum Gasteiger partial charge on any atom is 0.123 e. The first-order chi connectivity index (χ1) is 9.51. The highest BCUT2D eigenvalue weighted by Gasteiger charge is 2.16. The molecule has 0 bridgehead atoms. The van der Waals surface area contributed by atoms with Crippen LogP contribution in [0.3, 0.4) is 0 Å². The van der Waals surface area contributed by atoms with Crippen LogP contribution in [0.4, 0.5) is 14.5 Å². The molecule has 20 heavy (non-hydrogen) atoms. The molecular weight excluding hydrogens is 328 g/mol. The van der Waals surface area contributed by atoms with Crippen molar-refractivity contribution in [3.05, 3.63) is 63.6 Å². The first-order valence-electron chi connectivity index (χ1n) is 5.96. The van der Waals surface area contributed by atoms with Crippen molar-refractivity contribution in [3.8, 4) is 0 Å². The fourth-order valence-electron chi connectivity index (χ4n) is 2.03. The Labute approximate surface area is 124 Å². The molecule has 0 amide bonds. The molecule has 106 valence electrons. The summed E-state index contributed by atoms with van der Waals surface area (Å²) < 4.78 is 27.4. The van der Waals surface area contributed by atoms with Gasteiger partial charge in [-0.25, -0.2) is 8.78 Å². The molecule has 1 unspecified atom stereocenters. The minimum Gasteiger partial charge on any atom is -0.398 e. The fourth-order valence-corrected chi connectivity index (χ4v) is 2.43. The van der Waals surface area contributed by atoms with E-state index in [2.05, 4.69) is 21.4 Å².